The Morgan fingerprint density at radius 2 is 1.95 bits per heavy atom. The number of aryl methyl sites for hydroxylation is 1. The van der Waals surface area contributed by atoms with Crippen molar-refractivity contribution in [3.63, 3.8) is 0 Å². The maximum absolute atomic E-state index is 12.6. The maximum Gasteiger partial charge on any atom is 0.245 e. The molecule has 7 heteroatoms. The fraction of sp³-hybridized carbons (Fsp3) is 0.500. The lowest BCUT2D eigenvalue weighted by atomic mass is 10.2. The number of nitrogen functional groups attached to an aromatic ring is 1. The summed E-state index contributed by atoms with van der Waals surface area (Å²) in [5, 5.41) is 0. The highest BCUT2D eigenvalue weighted by atomic mass is 32.2. The third kappa shape index (κ3) is 3.19. The molecule has 1 amide bonds. The minimum absolute atomic E-state index is 0.0849. The quantitative estimate of drug-likeness (QED) is 0.834. The van der Waals surface area contributed by atoms with Gasteiger partial charge in [0.1, 0.15) is 4.90 Å². The first-order valence-electron chi connectivity index (χ1n) is 6.93. The van der Waals surface area contributed by atoms with Crippen LogP contribution in [0.5, 0.6) is 0 Å². The van der Waals surface area contributed by atoms with Gasteiger partial charge in [-0.1, -0.05) is 12.1 Å². The van der Waals surface area contributed by atoms with Gasteiger partial charge in [-0.15, -0.1) is 0 Å². The molecule has 2 N–H and O–H groups in total. The first kappa shape index (κ1) is 15.8. The minimum atomic E-state index is -3.76. The van der Waals surface area contributed by atoms with Gasteiger partial charge >= 0.3 is 0 Å². The van der Waals surface area contributed by atoms with Gasteiger partial charge in [-0.2, -0.15) is 4.31 Å². The topological polar surface area (TPSA) is 83.7 Å². The number of benzene rings is 1. The van der Waals surface area contributed by atoms with Gasteiger partial charge in [0, 0.05) is 20.1 Å². The third-order valence-corrected chi connectivity index (χ3v) is 5.75. The molecule has 1 aromatic carbocycles. The number of nitrogens with zero attached hydrogens (tertiary/aromatic N) is 2. The van der Waals surface area contributed by atoms with Crippen LogP contribution in [0, 0.1) is 6.92 Å². The molecular weight excluding hydrogens is 290 g/mol. The highest BCUT2D eigenvalue weighted by Gasteiger charge is 2.28. The number of nitrogens with two attached hydrogens (primary N) is 1. The Labute approximate surface area is 125 Å². The zero-order valence-corrected chi connectivity index (χ0v) is 13.2. The molecule has 6 nitrogen and oxygen atoms in total. The van der Waals surface area contributed by atoms with Crippen molar-refractivity contribution in [1.82, 2.24) is 9.21 Å². The van der Waals surface area contributed by atoms with E-state index < -0.39 is 10.0 Å². The molecule has 1 saturated heterocycles. The molecule has 116 valence electrons. The van der Waals surface area contributed by atoms with Gasteiger partial charge in [-0.3, -0.25) is 4.79 Å². The van der Waals surface area contributed by atoms with E-state index >= 15 is 0 Å². The Bertz CT molecular complexity index is 617. The molecule has 1 aromatic rings. The van der Waals surface area contributed by atoms with Crippen molar-refractivity contribution >= 4 is 21.6 Å². The number of rotatable bonds is 4. The zero-order valence-electron chi connectivity index (χ0n) is 12.4. The van der Waals surface area contributed by atoms with E-state index in [1.807, 2.05) is 0 Å². The van der Waals surface area contributed by atoms with Crippen LogP contribution in [0.2, 0.25) is 0 Å². The van der Waals surface area contributed by atoms with E-state index in [1.54, 1.807) is 30.0 Å². The molecule has 0 saturated carbocycles. The van der Waals surface area contributed by atoms with Crippen molar-refractivity contribution in [2.45, 2.75) is 24.7 Å². The summed E-state index contributed by atoms with van der Waals surface area (Å²) >= 11 is 0. The number of carbonyl (C=O) groups is 1. The molecule has 1 heterocycles. The summed E-state index contributed by atoms with van der Waals surface area (Å²) in [5.74, 6) is -0.161. The second-order valence-electron chi connectivity index (χ2n) is 5.34. The van der Waals surface area contributed by atoms with Crippen molar-refractivity contribution < 1.29 is 13.2 Å². The number of sulfonamides is 1. The van der Waals surface area contributed by atoms with E-state index in [-0.39, 0.29) is 23.0 Å². The first-order valence-corrected chi connectivity index (χ1v) is 8.37. The summed E-state index contributed by atoms with van der Waals surface area (Å²) in [6.45, 7) is 2.95. The Kier molecular flexibility index (Phi) is 4.53. The largest absolute Gasteiger partial charge is 0.398 e. The Balaban J connectivity index is 2.21. The maximum atomic E-state index is 12.6. The molecule has 21 heavy (non-hydrogen) atoms. The molecule has 1 fully saturated rings. The fourth-order valence-corrected chi connectivity index (χ4v) is 3.96. The Morgan fingerprint density at radius 1 is 1.33 bits per heavy atom. The summed E-state index contributed by atoms with van der Waals surface area (Å²) in [6.07, 6.45) is 1.96. The molecular formula is C14H21N3O3S. The average molecular weight is 311 g/mol. The van der Waals surface area contributed by atoms with Crippen LogP contribution in [0.3, 0.4) is 0 Å². The van der Waals surface area contributed by atoms with Crippen LogP contribution in [-0.4, -0.2) is 50.2 Å². The predicted octanol–water partition coefficient (Wildman–Crippen LogP) is 0.820. The molecule has 1 aliphatic rings. The first-order chi connectivity index (χ1) is 9.84. The van der Waals surface area contributed by atoms with Gasteiger partial charge < -0.3 is 10.6 Å². The second-order valence-corrected chi connectivity index (χ2v) is 7.32. The van der Waals surface area contributed by atoms with E-state index in [0.717, 1.165) is 17.1 Å². The highest BCUT2D eigenvalue weighted by Crippen LogP contribution is 2.25. The number of hydrogen-bond donors (Lipinski definition) is 1. The van der Waals surface area contributed by atoms with Gasteiger partial charge in [0.15, 0.2) is 0 Å². The molecule has 0 atom stereocenters. The van der Waals surface area contributed by atoms with Crippen molar-refractivity contribution in [3.8, 4) is 0 Å². The summed E-state index contributed by atoms with van der Waals surface area (Å²) in [6, 6.07) is 4.95. The lowest BCUT2D eigenvalue weighted by Crippen LogP contribution is -2.40. The molecule has 2 rings (SSSR count). The average Bonchev–Trinajstić information content (AvgIpc) is 2.91. The summed E-state index contributed by atoms with van der Waals surface area (Å²) < 4.78 is 26.3. The van der Waals surface area contributed by atoms with Crippen LogP contribution in [0.25, 0.3) is 0 Å². The van der Waals surface area contributed by atoms with E-state index in [9.17, 15) is 13.2 Å². The van der Waals surface area contributed by atoms with Crippen LogP contribution in [0.4, 0.5) is 5.69 Å². The standard InChI is InChI=1S/C14H21N3O3S/c1-11-6-5-7-12(15)14(11)21(19,20)16(2)10-13(18)17-8-3-4-9-17/h5-7H,3-4,8-10,15H2,1-2H3. The van der Waals surface area contributed by atoms with Gasteiger partial charge in [0.2, 0.25) is 15.9 Å². The normalized spacial score (nSPS) is 15.7. The number of likely N-dealkylation sites (N-methyl/N-ethyl adjacent to an activating group) is 1. The predicted molar refractivity (Wildman–Crippen MR) is 81.2 cm³/mol. The second kappa shape index (κ2) is 6.03. The third-order valence-electron chi connectivity index (χ3n) is 3.73. The van der Waals surface area contributed by atoms with E-state index in [4.69, 9.17) is 5.73 Å². The molecule has 0 aliphatic carbocycles. The lowest BCUT2D eigenvalue weighted by Gasteiger charge is -2.22. The number of hydrogen-bond acceptors (Lipinski definition) is 4. The van der Waals surface area contributed by atoms with Gasteiger partial charge in [-0.05, 0) is 31.4 Å². The zero-order chi connectivity index (χ0) is 15.6. The van der Waals surface area contributed by atoms with Crippen LogP contribution >= 0.6 is 0 Å². The van der Waals surface area contributed by atoms with Gasteiger partial charge in [0.05, 0.1) is 12.2 Å². The van der Waals surface area contributed by atoms with E-state index in [2.05, 4.69) is 0 Å². The Hall–Kier alpha value is -1.60. The van der Waals surface area contributed by atoms with Crippen molar-refractivity contribution in [2.24, 2.45) is 0 Å². The molecule has 0 aromatic heterocycles. The molecule has 0 unspecified atom stereocenters. The fourth-order valence-electron chi connectivity index (χ4n) is 2.53. The highest BCUT2D eigenvalue weighted by molar-refractivity contribution is 7.89. The Morgan fingerprint density at radius 3 is 2.52 bits per heavy atom. The summed E-state index contributed by atoms with van der Waals surface area (Å²) in [5.41, 5.74) is 6.58. The SMILES string of the molecule is Cc1cccc(N)c1S(=O)(=O)N(C)CC(=O)N1CCCC1. The van der Waals surface area contributed by atoms with E-state index in [0.29, 0.717) is 18.7 Å². The van der Waals surface area contributed by atoms with Crippen LogP contribution in [-0.2, 0) is 14.8 Å². The molecule has 0 bridgehead atoms. The minimum Gasteiger partial charge on any atom is -0.398 e. The number of likely N-dealkylation sites (tertiary alicyclic amines) is 1. The lowest BCUT2D eigenvalue weighted by molar-refractivity contribution is -0.130. The molecule has 1 aliphatic heterocycles. The van der Waals surface area contributed by atoms with E-state index in [1.165, 1.54) is 7.05 Å². The van der Waals surface area contributed by atoms with Crippen molar-refractivity contribution in [3.05, 3.63) is 23.8 Å². The van der Waals surface area contributed by atoms with Crippen LogP contribution in [0.15, 0.2) is 23.1 Å². The number of anilines is 1. The van der Waals surface area contributed by atoms with Gasteiger partial charge in [0.25, 0.3) is 0 Å². The van der Waals surface area contributed by atoms with Gasteiger partial charge in [-0.25, -0.2) is 8.42 Å². The van der Waals surface area contributed by atoms with Crippen LogP contribution in [0.1, 0.15) is 18.4 Å². The summed E-state index contributed by atoms with van der Waals surface area (Å²) in [4.78, 5) is 13.9. The molecule has 0 radical (unpaired) electrons. The van der Waals surface area contributed by atoms with Crippen molar-refractivity contribution in [1.29, 1.82) is 0 Å². The summed E-state index contributed by atoms with van der Waals surface area (Å²) in [7, 11) is -2.35. The number of amides is 1. The van der Waals surface area contributed by atoms with Crippen LogP contribution < -0.4 is 5.73 Å². The monoisotopic (exact) mass is 311 g/mol. The smallest absolute Gasteiger partial charge is 0.245 e. The van der Waals surface area contributed by atoms with Crippen molar-refractivity contribution in [2.75, 3.05) is 32.4 Å². The number of carbonyl (C=O) groups excluding carboxylic acids is 1. The molecule has 0 spiro atoms.